The molecule has 27 heavy (non-hydrogen) atoms. The highest BCUT2D eigenvalue weighted by Crippen LogP contribution is 2.39. The van der Waals surface area contributed by atoms with Crippen molar-refractivity contribution in [3.8, 4) is 0 Å². The minimum absolute atomic E-state index is 0.0114. The summed E-state index contributed by atoms with van der Waals surface area (Å²) in [4.78, 5) is 32.3. The van der Waals surface area contributed by atoms with Gasteiger partial charge < -0.3 is 10.2 Å². The number of nitrogens with zero attached hydrogens (tertiary/aromatic N) is 2. The summed E-state index contributed by atoms with van der Waals surface area (Å²) < 4.78 is 0. The van der Waals surface area contributed by atoms with E-state index in [1.165, 1.54) is 0 Å². The summed E-state index contributed by atoms with van der Waals surface area (Å²) in [6, 6.07) is 13.3. The first-order valence-corrected chi connectivity index (χ1v) is 9.38. The van der Waals surface area contributed by atoms with Gasteiger partial charge in [0.15, 0.2) is 0 Å². The Bertz CT molecular complexity index is 934. The molecule has 2 amide bonds. The number of carbonyl (C=O) groups excluding carboxylic acids is 2. The van der Waals surface area contributed by atoms with Crippen LogP contribution in [-0.2, 0) is 9.59 Å². The van der Waals surface area contributed by atoms with Crippen molar-refractivity contribution in [3.05, 3.63) is 53.6 Å². The van der Waals surface area contributed by atoms with Crippen LogP contribution in [0.2, 0.25) is 0 Å². The molecule has 0 bridgehead atoms. The van der Waals surface area contributed by atoms with Crippen LogP contribution in [0.4, 0.5) is 17.1 Å². The van der Waals surface area contributed by atoms with Crippen molar-refractivity contribution in [3.63, 3.8) is 0 Å². The Morgan fingerprint density at radius 3 is 2.70 bits per heavy atom. The molecule has 0 aromatic heterocycles. The molecule has 1 unspecified atom stereocenters. The van der Waals surface area contributed by atoms with Gasteiger partial charge in [0.2, 0.25) is 11.8 Å². The number of fused-ring (bicyclic) bond motifs is 2. The van der Waals surface area contributed by atoms with E-state index >= 15 is 0 Å². The van der Waals surface area contributed by atoms with Crippen molar-refractivity contribution in [1.29, 1.82) is 0 Å². The molecule has 0 spiro atoms. The van der Waals surface area contributed by atoms with Crippen LogP contribution < -0.4 is 10.2 Å². The molecule has 2 aliphatic rings. The normalized spacial score (nSPS) is 18.4. The lowest BCUT2D eigenvalue weighted by Crippen LogP contribution is -2.41. The number of carbonyl (C=O) groups is 2. The van der Waals surface area contributed by atoms with Gasteiger partial charge in [0.1, 0.15) is 6.54 Å². The number of aliphatic imine (C=N–C) groups is 1. The number of anilines is 2. The summed E-state index contributed by atoms with van der Waals surface area (Å²) in [6.45, 7) is 4.05. The Morgan fingerprint density at radius 2 is 1.93 bits per heavy atom. The summed E-state index contributed by atoms with van der Waals surface area (Å²) in [5.74, 6) is -0.431. The molecule has 1 aliphatic heterocycles. The van der Waals surface area contributed by atoms with Crippen molar-refractivity contribution in [2.75, 3.05) is 16.8 Å². The van der Waals surface area contributed by atoms with Crippen LogP contribution in [0.15, 0.2) is 47.5 Å². The minimum atomic E-state index is -0.208. The van der Waals surface area contributed by atoms with E-state index in [1.54, 1.807) is 4.90 Å². The second kappa shape index (κ2) is 6.99. The van der Waals surface area contributed by atoms with E-state index in [2.05, 4.69) is 5.32 Å². The molecule has 1 saturated carbocycles. The summed E-state index contributed by atoms with van der Waals surface area (Å²) in [5, 5.41) is 2.88. The van der Waals surface area contributed by atoms with Crippen molar-refractivity contribution in [1.82, 2.24) is 0 Å². The van der Waals surface area contributed by atoms with Crippen molar-refractivity contribution < 1.29 is 9.59 Å². The van der Waals surface area contributed by atoms with Crippen LogP contribution in [0.1, 0.15) is 30.4 Å². The molecule has 4 rings (SSSR count). The minimum Gasteiger partial charge on any atom is -0.325 e. The van der Waals surface area contributed by atoms with Gasteiger partial charge in [-0.1, -0.05) is 18.2 Å². The molecular formula is C22H23N3O2. The second-order valence-corrected chi connectivity index (χ2v) is 7.31. The van der Waals surface area contributed by atoms with Crippen LogP contribution >= 0.6 is 0 Å². The molecular weight excluding hydrogens is 338 g/mol. The Hall–Kier alpha value is -2.95. The van der Waals surface area contributed by atoms with Gasteiger partial charge in [-0.15, -0.1) is 0 Å². The third kappa shape index (κ3) is 3.37. The van der Waals surface area contributed by atoms with E-state index in [4.69, 9.17) is 4.99 Å². The predicted molar refractivity (Wildman–Crippen MR) is 108 cm³/mol. The SMILES string of the molecule is Cc1cc2c(cc1C)N(CC(=O)Nc1ccccc1)C(=O)C1CCCC1=N2. The van der Waals surface area contributed by atoms with Gasteiger partial charge in [-0.2, -0.15) is 0 Å². The van der Waals surface area contributed by atoms with Gasteiger partial charge in [-0.05, 0) is 68.5 Å². The number of hydrogen-bond acceptors (Lipinski definition) is 3. The van der Waals surface area contributed by atoms with Gasteiger partial charge >= 0.3 is 0 Å². The number of aryl methyl sites for hydroxylation is 2. The number of rotatable bonds is 3. The quantitative estimate of drug-likeness (QED) is 0.892. The van der Waals surface area contributed by atoms with Gasteiger partial charge in [-0.3, -0.25) is 14.6 Å². The summed E-state index contributed by atoms with van der Waals surface area (Å²) >= 11 is 0. The Morgan fingerprint density at radius 1 is 1.19 bits per heavy atom. The molecule has 2 aromatic rings. The van der Waals surface area contributed by atoms with Crippen molar-refractivity contribution in [2.45, 2.75) is 33.1 Å². The van der Waals surface area contributed by atoms with E-state index in [0.29, 0.717) is 0 Å². The average molecular weight is 361 g/mol. The van der Waals surface area contributed by atoms with Crippen LogP contribution in [-0.4, -0.2) is 24.1 Å². The lowest BCUT2D eigenvalue weighted by atomic mass is 10.0. The van der Waals surface area contributed by atoms with Gasteiger partial charge in [0, 0.05) is 11.4 Å². The Balaban J connectivity index is 1.68. The monoisotopic (exact) mass is 361 g/mol. The molecule has 0 radical (unpaired) electrons. The highest BCUT2D eigenvalue weighted by molar-refractivity contribution is 6.16. The van der Waals surface area contributed by atoms with E-state index in [1.807, 2.05) is 56.3 Å². The number of benzene rings is 2. The summed E-state index contributed by atoms with van der Waals surface area (Å²) in [7, 11) is 0. The molecule has 5 nitrogen and oxygen atoms in total. The molecule has 1 aliphatic carbocycles. The number of amides is 2. The van der Waals surface area contributed by atoms with Gasteiger partial charge in [0.05, 0.1) is 17.3 Å². The standard InChI is InChI=1S/C22H23N3O2/c1-14-11-19-20(12-15(14)2)25(22(27)17-9-6-10-18(17)24-19)13-21(26)23-16-7-4-3-5-8-16/h3-5,7-8,11-12,17H,6,9-10,13H2,1-2H3,(H,23,26). The van der Waals surface area contributed by atoms with Gasteiger partial charge in [-0.25, -0.2) is 0 Å². The first-order chi connectivity index (χ1) is 13.0. The first-order valence-electron chi connectivity index (χ1n) is 9.38. The number of nitrogens with one attached hydrogen (secondary N) is 1. The molecule has 1 heterocycles. The smallest absolute Gasteiger partial charge is 0.244 e. The maximum absolute atomic E-state index is 13.2. The van der Waals surface area contributed by atoms with Crippen LogP contribution in [0.25, 0.3) is 0 Å². The maximum atomic E-state index is 13.2. The van der Waals surface area contributed by atoms with Crippen LogP contribution in [0.3, 0.4) is 0 Å². The zero-order valence-electron chi connectivity index (χ0n) is 15.7. The topological polar surface area (TPSA) is 61.8 Å². The molecule has 5 heteroatoms. The zero-order valence-corrected chi connectivity index (χ0v) is 15.7. The first kappa shape index (κ1) is 17.5. The lowest BCUT2D eigenvalue weighted by Gasteiger charge is -2.25. The van der Waals surface area contributed by atoms with Crippen LogP contribution in [0, 0.1) is 19.8 Å². The second-order valence-electron chi connectivity index (χ2n) is 7.31. The fourth-order valence-electron chi connectivity index (χ4n) is 3.81. The number of hydrogen-bond donors (Lipinski definition) is 1. The molecule has 1 fully saturated rings. The highest BCUT2D eigenvalue weighted by Gasteiger charge is 2.37. The Kier molecular flexibility index (Phi) is 4.52. The van der Waals surface area contributed by atoms with Gasteiger partial charge in [0.25, 0.3) is 0 Å². The van der Waals surface area contributed by atoms with Crippen molar-refractivity contribution >= 4 is 34.6 Å². The number of para-hydroxylation sites is 1. The third-order valence-electron chi connectivity index (χ3n) is 5.40. The third-order valence-corrected chi connectivity index (χ3v) is 5.40. The fourth-order valence-corrected chi connectivity index (χ4v) is 3.81. The Labute approximate surface area is 159 Å². The molecule has 1 atom stereocenters. The molecule has 2 aromatic carbocycles. The molecule has 138 valence electrons. The maximum Gasteiger partial charge on any atom is 0.244 e. The van der Waals surface area contributed by atoms with E-state index < -0.39 is 0 Å². The molecule has 1 N–H and O–H groups in total. The largest absolute Gasteiger partial charge is 0.325 e. The molecule has 0 saturated heterocycles. The zero-order chi connectivity index (χ0) is 19.0. The van der Waals surface area contributed by atoms with Crippen LogP contribution in [0.5, 0.6) is 0 Å². The van der Waals surface area contributed by atoms with E-state index in [9.17, 15) is 9.59 Å². The summed E-state index contributed by atoms with van der Waals surface area (Å²) in [6.07, 6.45) is 2.63. The average Bonchev–Trinajstić information content (AvgIpc) is 3.08. The van der Waals surface area contributed by atoms with E-state index in [0.717, 1.165) is 53.2 Å². The van der Waals surface area contributed by atoms with Crippen molar-refractivity contribution in [2.24, 2.45) is 10.9 Å². The lowest BCUT2D eigenvalue weighted by molar-refractivity contribution is -0.122. The summed E-state index contributed by atoms with van der Waals surface area (Å²) in [5.41, 5.74) is 5.42. The highest BCUT2D eigenvalue weighted by atomic mass is 16.2. The fraction of sp³-hybridized carbons (Fsp3) is 0.318. The van der Waals surface area contributed by atoms with E-state index in [-0.39, 0.29) is 24.3 Å². The predicted octanol–water partition coefficient (Wildman–Crippen LogP) is 4.16.